The van der Waals surface area contributed by atoms with Crippen molar-refractivity contribution in [3.05, 3.63) is 18.3 Å². The highest BCUT2D eigenvalue weighted by atomic mass is 79.9. The zero-order chi connectivity index (χ0) is 15.4. The van der Waals surface area contributed by atoms with Gasteiger partial charge in [0.1, 0.15) is 0 Å². The van der Waals surface area contributed by atoms with Gasteiger partial charge in [-0.3, -0.25) is 4.79 Å². The molecule has 1 aromatic heterocycles. The van der Waals surface area contributed by atoms with Gasteiger partial charge in [0.05, 0.1) is 22.3 Å². The van der Waals surface area contributed by atoms with E-state index in [4.69, 9.17) is 0 Å². The first kappa shape index (κ1) is 15.0. The van der Waals surface area contributed by atoms with Crippen LogP contribution in [0.3, 0.4) is 0 Å². The number of hydrogen-bond donors (Lipinski definition) is 1. The fraction of sp³-hybridized carbons (Fsp3) is 0.647. The van der Waals surface area contributed by atoms with Gasteiger partial charge in [0.25, 0.3) is 0 Å². The number of nitrogens with one attached hydrogen (secondary N) is 1. The van der Waals surface area contributed by atoms with E-state index in [0.29, 0.717) is 0 Å². The molecule has 0 spiro atoms. The van der Waals surface area contributed by atoms with Gasteiger partial charge in [0, 0.05) is 4.32 Å². The van der Waals surface area contributed by atoms with Crippen molar-refractivity contribution in [2.24, 2.45) is 17.3 Å². The molecule has 3 nitrogen and oxygen atoms in total. The van der Waals surface area contributed by atoms with E-state index < -0.39 is 0 Å². The summed E-state index contributed by atoms with van der Waals surface area (Å²) in [7, 11) is 0. The van der Waals surface area contributed by atoms with E-state index in [0.717, 1.165) is 41.8 Å². The maximum Gasteiger partial charge on any atom is 0.230 e. The van der Waals surface area contributed by atoms with E-state index in [2.05, 4.69) is 26.2 Å². The summed E-state index contributed by atoms with van der Waals surface area (Å²) in [4.78, 5) is 17.3. The summed E-state index contributed by atoms with van der Waals surface area (Å²) in [5.74, 6) is 1.66. The number of amides is 1. The first-order valence-electron chi connectivity index (χ1n) is 8.01. The predicted octanol–water partition coefficient (Wildman–Crippen LogP) is 4.48. The standard InChI is InChI=1S/C17H21BrN2OS/c1-22-14-3-2-13(9-19-14)20-15(21)16-5-11-4-12(6-16)8-17(18,7-11)10-16/h2-3,9,11-12H,4-8,10H2,1H3,(H,20,21). The van der Waals surface area contributed by atoms with Crippen molar-refractivity contribution in [1.82, 2.24) is 4.98 Å². The van der Waals surface area contributed by atoms with Gasteiger partial charge in [-0.2, -0.15) is 0 Å². The molecule has 0 radical (unpaired) electrons. The molecule has 4 bridgehead atoms. The molecule has 4 saturated carbocycles. The number of halogens is 1. The lowest BCUT2D eigenvalue weighted by Crippen LogP contribution is -2.57. The van der Waals surface area contributed by atoms with E-state index >= 15 is 0 Å². The number of thioether (sulfide) groups is 1. The minimum atomic E-state index is -0.161. The molecule has 4 fully saturated rings. The topological polar surface area (TPSA) is 42.0 Å². The normalized spacial score (nSPS) is 39.0. The molecule has 118 valence electrons. The molecule has 1 amide bonds. The highest BCUT2D eigenvalue weighted by Crippen LogP contribution is 2.64. The molecule has 0 aliphatic heterocycles. The van der Waals surface area contributed by atoms with Gasteiger partial charge in [-0.1, -0.05) is 15.9 Å². The number of carbonyl (C=O) groups is 1. The molecule has 4 aliphatic carbocycles. The maximum absolute atomic E-state index is 13.0. The molecule has 0 aromatic carbocycles. The highest BCUT2D eigenvalue weighted by Gasteiger charge is 2.59. The summed E-state index contributed by atoms with van der Waals surface area (Å²) in [6.45, 7) is 0. The van der Waals surface area contributed by atoms with E-state index in [1.807, 2.05) is 18.4 Å². The lowest BCUT2D eigenvalue weighted by Gasteiger charge is -2.59. The van der Waals surface area contributed by atoms with Crippen LogP contribution in [0.2, 0.25) is 0 Å². The second-order valence-corrected chi connectivity index (χ2v) is 9.94. The summed E-state index contributed by atoms with van der Waals surface area (Å²) in [6.07, 6.45) is 10.7. The number of hydrogen-bond acceptors (Lipinski definition) is 3. The molecular weight excluding hydrogens is 360 g/mol. The minimum absolute atomic E-state index is 0.161. The first-order valence-corrected chi connectivity index (χ1v) is 10.0. The summed E-state index contributed by atoms with van der Waals surface area (Å²) >= 11 is 5.58. The second-order valence-electron chi connectivity index (χ2n) is 7.44. The Labute approximate surface area is 144 Å². The fourth-order valence-electron chi connectivity index (χ4n) is 5.26. The van der Waals surface area contributed by atoms with Gasteiger partial charge in [-0.15, -0.1) is 11.8 Å². The molecule has 2 unspecified atom stereocenters. The van der Waals surface area contributed by atoms with Crippen molar-refractivity contribution < 1.29 is 4.79 Å². The Hall–Kier alpha value is -0.550. The van der Waals surface area contributed by atoms with Crippen LogP contribution >= 0.6 is 27.7 Å². The van der Waals surface area contributed by atoms with Gasteiger partial charge in [-0.25, -0.2) is 4.98 Å². The van der Waals surface area contributed by atoms with Gasteiger partial charge in [-0.05, 0) is 68.7 Å². The monoisotopic (exact) mass is 380 g/mol. The molecule has 1 N–H and O–H groups in total. The number of aromatic nitrogens is 1. The third-order valence-electron chi connectivity index (χ3n) is 5.67. The van der Waals surface area contributed by atoms with Crippen LogP contribution in [0.1, 0.15) is 38.5 Å². The zero-order valence-electron chi connectivity index (χ0n) is 12.8. The van der Waals surface area contributed by atoms with Crippen LogP contribution in [0.25, 0.3) is 0 Å². The lowest BCUT2D eigenvalue weighted by molar-refractivity contribution is -0.138. The third-order valence-corrected chi connectivity index (χ3v) is 7.26. The number of rotatable bonds is 3. The van der Waals surface area contributed by atoms with Gasteiger partial charge >= 0.3 is 0 Å². The SMILES string of the molecule is CSc1ccc(NC(=O)C23CC4CC(CC(Br)(C4)C2)C3)cn1. The van der Waals surface area contributed by atoms with Crippen LogP contribution < -0.4 is 5.32 Å². The molecule has 5 rings (SSSR count). The quantitative estimate of drug-likeness (QED) is 0.620. The summed E-state index contributed by atoms with van der Waals surface area (Å²) in [6, 6.07) is 3.92. The Morgan fingerprint density at radius 1 is 1.32 bits per heavy atom. The van der Waals surface area contributed by atoms with Gasteiger partial charge in [0.2, 0.25) is 5.91 Å². The highest BCUT2D eigenvalue weighted by molar-refractivity contribution is 9.10. The van der Waals surface area contributed by atoms with E-state index in [9.17, 15) is 4.79 Å². The van der Waals surface area contributed by atoms with Crippen molar-refractivity contribution in [2.45, 2.75) is 47.9 Å². The lowest BCUT2D eigenvalue weighted by atomic mass is 9.49. The Morgan fingerprint density at radius 2 is 2.05 bits per heavy atom. The smallest absolute Gasteiger partial charge is 0.230 e. The number of carbonyl (C=O) groups excluding carboxylic acids is 1. The van der Waals surface area contributed by atoms with E-state index in [1.54, 1.807) is 18.0 Å². The van der Waals surface area contributed by atoms with Crippen LogP contribution in [0.4, 0.5) is 5.69 Å². The zero-order valence-corrected chi connectivity index (χ0v) is 15.2. The van der Waals surface area contributed by atoms with Crippen LogP contribution in [-0.4, -0.2) is 21.5 Å². The largest absolute Gasteiger partial charge is 0.324 e. The van der Waals surface area contributed by atoms with Crippen LogP contribution in [-0.2, 0) is 4.79 Å². The molecule has 2 atom stereocenters. The molecular formula is C17H21BrN2OS. The first-order chi connectivity index (χ1) is 10.5. The van der Waals surface area contributed by atoms with Gasteiger partial charge < -0.3 is 5.32 Å². The van der Waals surface area contributed by atoms with Crippen molar-refractivity contribution in [3.63, 3.8) is 0 Å². The Bertz CT molecular complexity index is 589. The van der Waals surface area contributed by atoms with Crippen LogP contribution in [0, 0.1) is 17.3 Å². The fourth-order valence-corrected chi connectivity index (χ4v) is 7.07. The molecule has 4 aliphatic rings. The minimum Gasteiger partial charge on any atom is -0.324 e. The summed E-state index contributed by atoms with van der Waals surface area (Å²) in [5, 5.41) is 4.11. The Balaban J connectivity index is 1.54. The predicted molar refractivity (Wildman–Crippen MR) is 93.4 cm³/mol. The molecule has 0 saturated heterocycles. The van der Waals surface area contributed by atoms with Crippen molar-refractivity contribution in [2.75, 3.05) is 11.6 Å². The van der Waals surface area contributed by atoms with Gasteiger partial charge in [0.15, 0.2) is 0 Å². The Morgan fingerprint density at radius 3 is 2.59 bits per heavy atom. The second kappa shape index (κ2) is 5.23. The third kappa shape index (κ3) is 2.50. The average molecular weight is 381 g/mol. The number of nitrogens with zero attached hydrogens (tertiary/aromatic N) is 1. The van der Waals surface area contributed by atoms with E-state index in [1.165, 1.54) is 19.3 Å². The summed E-state index contributed by atoms with van der Waals surface area (Å²) < 4.78 is 0.218. The maximum atomic E-state index is 13.0. The van der Waals surface area contributed by atoms with Crippen LogP contribution in [0.5, 0.6) is 0 Å². The van der Waals surface area contributed by atoms with E-state index in [-0.39, 0.29) is 15.6 Å². The van der Waals surface area contributed by atoms with Crippen LogP contribution in [0.15, 0.2) is 23.4 Å². The Kier molecular flexibility index (Phi) is 3.57. The number of alkyl halides is 1. The van der Waals surface area contributed by atoms with Crippen molar-refractivity contribution in [3.8, 4) is 0 Å². The van der Waals surface area contributed by atoms with Crippen molar-refractivity contribution >= 4 is 39.3 Å². The average Bonchev–Trinajstić information content (AvgIpc) is 2.45. The van der Waals surface area contributed by atoms with Crippen molar-refractivity contribution in [1.29, 1.82) is 0 Å². The molecule has 5 heteroatoms. The summed E-state index contributed by atoms with van der Waals surface area (Å²) in [5.41, 5.74) is 0.661. The molecule has 1 heterocycles. The molecule has 22 heavy (non-hydrogen) atoms. The number of pyridine rings is 1. The number of anilines is 1. The molecule has 1 aromatic rings.